The van der Waals surface area contributed by atoms with Crippen molar-refractivity contribution in [1.82, 2.24) is 9.21 Å². The molecule has 0 unspecified atom stereocenters. The first-order valence-corrected chi connectivity index (χ1v) is 14.4. The molecule has 5 rings (SSSR count). The molecule has 2 aromatic carbocycles. The Kier molecular flexibility index (Phi) is 7.23. The number of piperidine rings is 1. The summed E-state index contributed by atoms with van der Waals surface area (Å²) in [6.07, 6.45) is 0.581. The van der Waals surface area contributed by atoms with Crippen molar-refractivity contribution in [3.63, 3.8) is 0 Å². The van der Waals surface area contributed by atoms with Gasteiger partial charge in [0.2, 0.25) is 15.9 Å². The first-order valence-electron chi connectivity index (χ1n) is 13.0. The predicted octanol–water partition coefficient (Wildman–Crippen LogP) is 2.47. The Morgan fingerprint density at radius 3 is 2.47 bits per heavy atom. The third-order valence-corrected chi connectivity index (χ3v) is 9.60. The van der Waals surface area contributed by atoms with Crippen LogP contribution < -0.4 is 19.7 Å². The molecule has 0 radical (unpaired) electrons. The lowest BCUT2D eigenvalue weighted by atomic mass is 9.97. The van der Waals surface area contributed by atoms with E-state index in [-0.39, 0.29) is 29.2 Å². The van der Waals surface area contributed by atoms with Crippen LogP contribution in [-0.2, 0) is 19.6 Å². The Bertz CT molecular complexity index is 1320. The number of ether oxygens (including phenoxy) is 2. The zero-order chi connectivity index (χ0) is 27.0. The largest absolute Gasteiger partial charge is 0.497 e. The van der Waals surface area contributed by atoms with Crippen LogP contribution in [0.15, 0.2) is 41.3 Å². The Morgan fingerprint density at radius 2 is 1.79 bits per heavy atom. The molecule has 2 saturated heterocycles. The normalized spacial score (nSPS) is 22.3. The van der Waals surface area contributed by atoms with Crippen LogP contribution >= 0.6 is 0 Å². The van der Waals surface area contributed by atoms with Crippen LogP contribution in [0.2, 0.25) is 0 Å². The van der Waals surface area contributed by atoms with E-state index >= 15 is 0 Å². The van der Waals surface area contributed by atoms with Gasteiger partial charge in [-0.2, -0.15) is 4.31 Å². The van der Waals surface area contributed by atoms with Gasteiger partial charge in [-0.15, -0.1) is 0 Å². The molecule has 0 aliphatic carbocycles. The molecule has 2 fully saturated rings. The average Bonchev–Trinajstić information content (AvgIpc) is 2.93. The fourth-order valence-corrected chi connectivity index (χ4v) is 7.10. The van der Waals surface area contributed by atoms with Crippen molar-refractivity contribution in [2.24, 2.45) is 5.92 Å². The molecule has 0 bridgehead atoms. The van der Waals surface area contributed by atoms with Crippen molar-refractivity contribution in [1.29, 1.82) is 0 Å². The van der Waals surface area contributed by atoms with Gasteiger partial charge >= 0.3 is 0 Å². The highest BCUT2D eigenvalue weighted by Gasteiger charge is 2.37. The number of nitrogens with zero attached hydrogens (tertiary/aromatic N) is 3. The monoisotopic (exact) mass is 542 g/mol. The molecule has 2 aromatic rings. The van der Waals surface area contributed by atoms with Gasteiger partial charge < -0.3 is 24.6 Å². The molecule has 3 aliphatic heterocycles. The van der Waals surface area contributed by atoms with E-state index in [1.54, 1.807) is 27.0 Å². The van der Waals surface area contributed by atoms with E-state index in [9.17, 15) is 18.0 Å². The van der Waals surface area contributed by atoms with Gasteiger partial charge in [-0.25, -0.2) is 8.42 Å². The minimum Gasteiger partial charge on any atom is -0.497 e. The summed E-state index contributed by atoms with van der Waals surface area (Å²) in [6, 6.07) is 11.0. The molecule has 3 heterocycles. The molecule has 1 N–H and O–H groups in total. The summed E-state index contributed by atoms with van der Waals surface area (Å²) in [4.78, 5) is 29.6. The summed E-state index contributed by atoms with van der Waals surface area (Å²) in [7, 11) is -2.21. The fraction of sp³-hybridized carbons (Fsp3) is 0.481. The topological polar surface area (TPSA) is 108 Å². The van der Waals surface area contributed by atoms with Crippen LogP contribution in [-0.4, -0.2) is 81.9 Å². The summed E-state index contributed by atoms with van der Waals surface area (Å²) < 4.78 is 39.6. The number of anilines is 2. The van der Waals surface area contributed by atoms with Gasteiger partial charge in [0.25, 0.3) is 5.91 Å². The van der Waals surface area contributed by atoms with Gasteiger partial charge in [-0.05, 0) is 62.6 Å². The number of amides is 2. The van der Waals surface area contributed by atoms with E-state index in [2.05, 4.69) is 10.2 Å². The lowest BCUT2D eigenvalue weighted by Crippen LogP contribution is -2.53. The molecular formula is C27H34N4O6S. The van der Waals surface area contributed by atoms with Gasteiger partial charge in [0.1, 0.15) is 11.5 Å². The third-order valence-electron chi connectivity index (χ3n) is 7.59. The average molecular weight is 543 g/mol. The summed E-state index contributed by atoms with van der Waals surface area (Å²) in [6.45, 7) is 6.47. The highest BCUT2D eigenvalue weighted by atomic mass is 32.2. The smallest absolute Gasteiger partial charge is 0.265 e. The van der Waals surface area contributed by atoms with Gasteiger partial charge in [0.05, 0.1) is 23.6 Å². The molecule has 0 saturated carbocycles. The number of piperazine rings is 1. The number of aryl methyl sites for hydroxylation is 1. The molecule has 2 atom stereocenters. The lowest BCUT2D eigenvalue weighted by Gasteiger charge is -2.39. The van der Waals surface area contributed by atoms with Crippen LogP contribution in [0.3, 0.4) is 0 Å². The summed E-state index contributed by atoms with van der Waals surface area (Å²) >= 11 is 0. The molecular weight excluding hydrogens is 508 g/mol. The number of hydrogen-bond acceptors (Lipinski definition) is 7. The maximum absolute atomic E-state index is 13.7. The molecule has 2 amide bonds. The highest BCUT2D eigenvalue weighted by molar-refractivity contribution is 7.89. The number of carbonyl (C=O) groups excluding carboxylic acids is 2. The fourth-order valence-electron chi connectivity index (χ4n) is 5.36. The van der Waals surface area contributed by atoms with Crippen molar-refractivity contribution in [2.45, 2.75) is 37.7 Å². The zero-order valence-corrected chi connectivity index (χ0v) is 22.8. The van der Waals surface area contributed by atoms with E-state index in [1.165, 1.54) is 10.4 Å². The first-order chi connectivity index (χ1) is 18.2. The second kappa shape index (κ2) is 10.5. The molecule has 0 aromatic heterocycles. The number of rotatable bonds is 5. The van der Waals surface area contributed by atoms with Gasteiger partial charge in [-0.1, -0.05) is 0 Å². The van der Waals surface area contributed by atoms with E-state index < -0.39 is 16.1 Å². The first kappa shape index (κ1) is 26.3. The van der Waals surface area contributed by atoms with E-state index in [0.717, 1.165) is 24.5 Å². The lowest BCUT2D eigenvalue weighted by molar-refractivity contribution is -0.137. The number of methoxy groups -OCH3 is 1. The maximum atomic E-state index is 13.7. The number of hydrogen-bond donors (Lipinski definition) is 1. The van der Waals surface area contributed by atoms with Crippen LogP contribution in [0.4, 0.5) is 11.4 Å². The summed E-state index contributed by atoms with van der Waals surface area (Å²) in [5, 5.41) is 2.75. The van der Waals surface area contributed by atoms with Crippen LogP contribution in [0.25, 0.3) is 0 Å². The Labute approximate surface area is 223 Å². The number of sulfonamides is 1. The number of fused-ring (bicyclic) bond motifs is 1. The predicted molar refractivity (Wildman–Crippen MR) is 143 cm³/mol. The molecule has 3 aliphatic rings. The molecule has 11 heteroatoms. The highest BCUT2D eigenvalue weighted by Crippen LogP contribution is 2.36. The molecule has 38 heavy (non-hydrogen) atoms. The number of carbonyl (C=O) groups is 2. The third kappa shape index (κ3) is 5.04. The number of benzene rings is 2. The van der Waals surface area contributed by atoms with E-state index in [0.29, 0.717) is 49.5 Å². The Hall–Kier alpha value is -3.31. The van der Waals surface area contributed by atoms with Gasteiger partial charge in [-0.3, -0.25) is 9.59 Å². The van der Waals surface area contributed by atoms with Gasteiger partial charge in [0, 0.05) is 51.0 Å². The second-order valence-electron chi connectivity index (χ2n) is 10.1. The van der Waals surface area contributed by atoms with Crippen molar-refractivity contribution < 1.29 is 27.5 Å². The van der Waals surface area contributed by atoms with Crippen molar-refractivity contribution in [3.05, 3.63) is 42.0 Å². The quantitative estimate of drug-likeness (QED) is 0.618. The standard InChI is InChI=1S/C27H34N4O6S/c1-18-15-23-24(37-19(2)26(32)28-23)16-25(18)38(34,35)31-10-4-5-20(17-31)27(33)30-13-11-29(12-14-30)21-6-8-22(36-3)9-7-21/h6-9,15-16,19-20H,4-5,10-14,17H2,1-3H3,(H,28,32)/t19-,20+/m0/s1. The summed E-state index contributed by atoms with van der Waals surface area (Å²) in [5.41, 5.74) is 2.07. The van der Waals surface area contributed by atoms with Gasteiger partial charge in [0.15, 0.2) is 6.10 Å². The second-order valence-corrected chi connectivity index (χ2v) is 12.0. The SMILES string of the molecule is COc1ccc(N2CCN(C(=O)[C@@H]3CCCN(S(=O)(=O)c4cc5c(cc4C)NC(=O)[C@H](C)O5)C3)CC2)cc1. The minimum atomic E-state index is -3.85. The zero-order valence-electron chi connectivity index (χ0n) is 22.0. The minimum absolute atomic E-state index is 0.0151. The van der Waals surface area contributed by atoms with Crippen LogP contribution in [0.1, 0.15) is 25.3 Å². The van der Waals surface area contributed by atoms with Crippen molar-refractivity contribution in [2.75, 3.05) is 56.6 Å². The van der Waals surface area contributed by atoms with E-state index in [1.807, 2.05) is 29.2 Å². The van der Waals surface area contributed by atoms with E-state index in [4.69, 9.17) is 9.47 Å². The van der Waals surface area contributed by atoms with Crippen LogP contribution in [0.5, 0.6) is 11.5 Å². The Morgan fingerprint density at radius 1 is 1.08 bits per heavy atom. The molecule has 204 valence electrons. The van der Waals surface area contributed by atoms with Crippen LogP contribution in [0, 0.1) is 12.8 Å². The Balaban J connectivity index is 1.25. The maximum Gasteiger partial charge on any atom is 0.265 e. The number of nitrogens with one attached hydrogen (secondary N) is 1. The molecule has 10 nitrogen and oxygen atoms in total. The molecule has 0 spiro atoms. The van der Waals surface area contributed by atoms with Crippen molar-refractivity contribution >= 4 is 33.2 Å². The summed E-state index contributed by atoms with van der Waals surface area (Å²) in [5.74, 6) is 0.509. The van der Waals surface area contributed by atoms with Crippen molar-refractivity contribution in [3.8, 4) is 11.5 Å².